The third kappa shape index (κ3) is 3.76. The summed E-state index contributed by atoms with van der Waals surface area (Å²) in [4.78, 5) is 23.3. The number of nitrogens with one attached hydrogen (secondary N) is 1. The van der Waals surface area contributed by atoms with Crippen LogP contribution in [-0.4, -0.2) is 35.5 Å². The van der Waals surface area contributed by atoms with Crippen LogP contribution in [0.15, 0.2) is 42.6 Å². The maximum atomic E-state index is 12.4. The molecule has 1 saturated heterocycles. The first-order valence-electron chi connectivity index (χ1n) is 8.98. The van der Waals surface area contributed by atoms with Gasteiger partial charge in [-0.2, -0.15) is 5.26 Å². The van der Waals surface area contributed by atoms with E-state index in [0.717, 1.165) is 42.0 Å². The van der Waals surface area contributed by atoms with Gasteiger partial charge >= 0.3 is 0 Å². The molecule has 2 aromatic heterocycles. The molecule has 0 bridgehead atoms. The van der Waals surface area contributed by atoms with Crippen LogP contribution in [-0.2, 0) is 0 Å². The van der Waals surface area contributed by atoms with E-state index < -0.39 is 0 Å². The minimum Gasteiger partial charge on any atom is -0.356 e. The number of carbonyl (C=O) groups excluding carboxylic acids is 1. The molecule has 0 atom stereocenters. The zero-order chi connectivity index (χ0) is 18.6. The van der Waals surface area contributed by atoms with Gasteiger partial charge in [-0.05, 0) is 43.0 Å². The highest BCUT2D eigenvalue weighted by Crippen LogP contribution is 2.24. The Hall–Kier alpha value is -2.98. The molecular weight excluding hydrogens is 358 g/mol. The summed E-state index contributed by atoms with van der Waals surface area (Å²) in [7, 11) is 0. The molecule has 0 spiro atoms. The van der Waals surface area contributed by atoms with Crippen LogP contribution in [0.3, 0.4) is 0 Å². The molecule has 0 unspecified atom stereocenters. The Bertz CT molecular complexity index is 968. The van der Waals surface area contributed by atoms with Crippen molar-refractivity contribution < 1.29 is 4.79 Å². The molecule has 27 heavy (non-hydrogen) atoms. The fraction of sp³-hybridized carbons (Fsp3) is 0.300. The molecule has 1 fully saturated rings. The SMILES string of the molecule is N#Cc1cccnc1N1CCC(CNC(=O)c2nc3ccccc3s2)CC1. The van der Waals surface area contributed by atoms with Crippen LogP contribution in [0.25, 0.3) is 10.2 Å². The fourth-order valence-electron chi connectivity index (χ4n) is 3.37. The maximum absolute atomic E-state index is 12.4. The summed E-state index contributed by atoms with van der Waals surface area (Å²) in [6.45, 7) is 2.33. The summed E-state index contributed by atoms with van der Waals surface area (Å²) >= 11 is 1.42. The highest BCUT2D eigenvalue weighted by molar-refractivity contribution is 7.20. The lowest BCUT2D eigenvalue weighted by Crippen LogP contribution is -2.39. The molecule has 0 aliphatic carbocycles. The van der Waals surface area contributed by atoms with Crippen molar-refractivity contribution in [3.8, 4) is 6.07 Å². The van der Waals surface area contributed by atoms with Gasteiger partial charge in [0, 0.05) is 25.8 Å². The second kappa shape index (κ2) is 7.72. The number of rotatable bonds is 4. The van der Waals surface area contributed by atoms with Gasteiger partial charge < -0.3 is 10.2 Å². The summed E-state index contributed by atoms with van der Waals surface area (Å²) in [6, 6.07) is 13.6. The number of amides is 1. The van der Waals surface area contributed by atoms with E-state index in [1.165, 1.54) is 11.3 Å². The van der Waals surface area contributed by atoms with Crippen LogP contribution in [0.1, 0.15) is 28.2 Å². The molecule has 0 radical (unpaired) electrons. The number of thiazole rings is 1. The molecule has 1 amide bonds. The van der Waals surface area contributed by atoms with Crippen molar-refractivity contribution in [1.29, 1.82) is 5.26 Å². The predicted molar refractivity (Wildman–Crippen MR) is 106 cm³/mol. The highest BCUT2D eigenvalue weighted by Gasteiger charge is 2.23. The lowest BCUT2D eigenvalue weighted by molar-refractivity contribution is 0.0944. The summed E-state index contributed by atoms with van der Waals surface area (Å²) in [6.07, 6.45) is 3.64. The van der Waals surface area contributed by atoms with Gasteiger partial charge in [0.05, 0.1) is 15.8 Å². The van der Waals surface area contributed by atoms with Crippen LogP contribution in [0, 0.1) is 17.2 Å². The number of piperidine rings is 1. The van der Waals surface area contributed by atoms with Crippen LogP contribution >= 0.6 is 11.3 Å². The topological polar surface area (TPSA) is 81.9 Å². The average Bonchev–Trinajstić information content (AvgIpc) is 3.17. The number of anilines is 1. The van der Waals surface area contributed by atoms with E-state index in [9.17, 15) is 10.1 Å². The second-order valence-corrected chi connectivity index (χ2v) is 7.64. The molecule has 1 aliphatic heterocycles. The number of hydrogen-bond acceptors (Lipinski definition) is 6. The standard InChI is InChI=1S/C20H19N5OS/c21-12-15-4-3-9-22-18(15)25-10-7-14(8-11-25)13-23-19(26)20-24-16-5-1-2-6-17(16)27-20/h1-6,9,14H,7-8,10-11,13H2,(H,23,26). The van der Waals surface area contributed by atoms with Crippen LogP contribution in [0.4, 0.5) is 5.82 Å². The quantitative estimate of drug-likeness (QED) is 0.755. The monoisotopic (exact) mass is 377 g/mol. The first kappa shape index (κ1) is 17.4. The van der Waals surface area contributed by atoms with Crippen molar-refractivity contribution in [3.63, 3.8) is 0 Å². The number of carbonyl (C=O) groups is 1. The van der Waals surface area contributed by atoms with Crippen molar-refractivity contribution >= 4 is 33.3 Å². The molecule has 136 valence electrons. The van der Waals surface area contributed by atoms with E-state index >= 15 is 0 Å². The van der Waals surface area contributed by atoms with E-state index in [0.29, 0.717) is 23.0 Å². The predicted octanol–water partition coefficient (Wildman–Crippen LogP) is 3.21. The summed E-state index contributed by atoms with van der Waals surface area (Å²) in [5, 5.41) is 12.8. The Labute approximate surface area is 161 Å². The minimum atomic E-state index is -0.102. The number of para-hydroxylation sites is 1. The van der Waals surface area contributed by atoms with Crippen molar-refractivity contribution in [3.05, 3.63) is 53.2 Å². The van der Waals surface area contributed by atoms with Crippen LogP contribution in [0.5, 0.6) is 0 Å². The number of nitrogens with zero attached hydrogens (tertiary/aromatic N) is 4. The van der Waals surface area contributed by atoms with Crippen molar-refractivity contribution in [2.75, 3.05) is 24.5 Å². The van der Waals surface area contributed by atoms with Gasteiger partial charge in [0.1, 0.15) is 11.9 Å². The number of hydrogen-bond donors (Lipinski definition) is 1. The normalized spacial score (nSPS) is 14.9. The van der Waals surface area contributed by atoms with Gasteiger partial charge in [-0.3, -0.25) is 4.79 Å². The Morgan fingerprint density at radius 3 is 2.85 bits per heavy atom. The Kier molecular flexibility index (Phi) is 4.99. The molecule has 4 rings (SSSR count). The zero-order valence-corrected chi connectivity index (χ0v) is 15.6. The molecule has 1 aliphatic rings. The molecule has 7 heteroatoms. The van der Waals surface area contributed by atoms with E-state index in [4.69, 9.17) is 0 Å². The van der Waals surface area contributed by atoms with E-state index in [1.807, 2.05) is 24.3 Å². The third-order valence-electron chi connectivity index (χ3n) is 4.86. The lowest BCUT2D eigenvalue weighted by Gasteiger charge is -2.33. The largest absolute Gasteiger partial charge is 0.356 e. The zero-order valence-electron chi connectivity index (χ0n) is 14.8. The second-order valence-electron chi connectivity index (χ2n) is 6.61. The summed E-state index contributed by atoms with van der Waals surface area (Å²) < 4.78 is 1.03. The van der Waals surface area contributed by atoms with Gasteiger partial charge in [-0.1, -0.05) is 12.1 Å². The Morgan fingerprint density at radius 1 is 1.26 bits per heavy atom. The summed E-state index contributed by atoms with van der Waals surface area (Å²) in [5.41, 5.74) is 1.48. The molecule has 1 N–H and O–H groups in total. The van der Waals surface area contributed by atoms with Gasteiger partial charge in [0.25, 0.3) is 5.91 Å². The van der Waals surface area contributed by atoms with Crippen LogP contribution in [0.2, 0.25) is 0 Å². The maximum Gasteiger partial charge on any atom is 0.280 e. The van der Waals surface area contributed by atoms with Gasteiger partial charge in [0.2, 0.25) is 0 Å². The van der Waals surface area contributed by atoms with Crippen LogP contribution < -0.4 is 10.2 Å². The Balaban J connectivity index is 1.32. The van der Waals surface area contributed by atoms with E-state index in [1.54, 1.807) is 18.3 Å². The molecule has 3 heterocycles. The van der Waals surface area contributed by atoms with Crippen molar-refractivity contribution in [2.24, 2.45) is 5.92 Å². The molecule has 6 nitrogen and oxygen atoms in total. The molecular formula is C20H19N5OS. The average molecular weight is 377 g/mol. The Morgan fingerprint density at radius 2 is 2.07 bits per heavy atom. The van der Waals surface area contributed by atoms with Crippen molar-refractivity contribution in [1.82, 2.24) is 15.3 Å². The third-order valence-corrected chi connectivity index (χ3v) is 5.90. The highest BCUT2D eigenvalue weighted by atomic mass is 32.1. The number of pyridine rings is 1. The number of nitriles is 1. The van der Waals surface area contributed by atoms with Gasteiger partial charge in [-0.25, -0.2) is 9.97 Å². The number of fused-ring (bicyclic) bond motifs is 1. The number of benzene rings is 1. The molecule has 0 saturated carbocycles. The smallest absolute Gasteiger partial charge is 0.280 e. The molecule has 3 aromatic rings. The first-order valence-corrected chi connectivity index (χ1v) is 9.80. The van der Waals surface area contributed by atoms with Crippen molar-refractivity contribution in [2.45, 2.75) is 12.8 Å². The van der Waals surface area contributed by atoms with E-state index in [-0.39, 0.29) is 5.91 Å². The van der Waals surface area contributed by atoms with Gasteiger partial charge in [-0.15, -0.1) is 11.3 Å². The first-order chi connectivity index (χ1) is 13.2. The van der Waals surface area contributed by atoms with E-state index in [2.05, 4.69) is 26.3 Å². The lowest BCUT2D eigenvalue weighted by atomic mass is 9.96. The van der Waals surface area contributed by atoms with Gasteiger partial charge in [0.15, 0.2) is 5.01 Å². The molecule has 1 aromatic carbocycles. The fourth-order valence-corrected chi connectivity index (χ4v) is 4.25. The summed E-state index contributed by atoms with van der Waals surface area (Å²) in [5.74, 6) is 1.08. The minimum absolute atomic E-state index is 0.102. The number of aromatic nitrogens is 2.